The summed E-state index contributed by atoms with van der Waals surface area (Å²) in [6, 6.07) is 0. The fourth-order valence-corrected chi connectivity index (χ4v) is 1.05. The van der Waals surface area contributed by atoms with Gasteiger partial charge in [-0.15, -0.1) is 0 Å². The van der Waals surface area contributed by atoms with E-state index >= 15 is 0 Å². The summed E-state index contributed by atoms with van der Waals surface area (Å²) in [5.74, 6) is 0. The average Bonchev–Trinajstić information content (AvgIpc) is 2.50. The Hall–Kier alpha value is -0.560. The summed E-state index contributed by atoms with van der Waals surface area (Å²) in [6.07, 6.45) is 10.0. The molecule has 0 aliphatic heterocycles. The van der Waals surface area contributed by atoms with Crippen LogP contribution in [0.3, 0.4) is 0 Å². The number of rotatable bonds is 5. The summed E-state index contributed by atoms with van der Waals surface area (Å²) in [7, 11) is 0. The van der Waals surface area contributed by atoms with Crippen LogP contribution in [0.1, 0.15) is 26.2 Å². The van der Waals surface area contributed by atoms with E-state index in [1.807, 2.05) is 0 Å². The average molecular weight is 152 g/mol. The van der Waals surface area contributed by atoms with Gasteiger partial charge in [-0.2, -0.15) is 0 Å². The second kappa shape index (κ2) is 5.14. The minimum atomic E-state index is 0.802. The summed E-state index contributed by atoms with van der Waals surface area (Å²) >= 11 is 0. The molecule has 0 fully saturated rings. The van der Waals surface area contributed by atoms with Gasteiger partial charge in [0.15, 0.2) is 0 Å². The SMILES string of the molecule is CCCCOCC1=CCC=C1. The Morgan fingerprint density at radius 1 is 1.55 bits per heavy atom. The first-order chi connectivity index (χ1) is 5.43. The number of ether oxygens (including phenoxy) is 1. The van der Waals surface area contributed by atoms with Crippen molar-refractivity contribution in [2.24, 2.45) is 0 Å². The van der Waals surface area contributed by atoms with Gasteiger partial charge in [0.1, 0.15) is 0 Å². The summed E-state index contributed by atoms with van der Waals surface area (Å²) in [4.78, 5) is 0. The summed E-state index contributed by atoms with van der Waals surface area (Å²) in [5, 5.41) is 0. The predicted molar refractivity (Wildman–Crippen MR) is 47.6 cm³/mol. The van der Waals surface area contributed by atoms with Gasteiger partial charge in [0.25, 0.3) is 0 Å². The van der Waals surface area contributed by atoms with Crippen LogP contribution in [-0.2, 0) is 4.74 Å². The second-order valence-corrected chi connectivity index (χ2v) is 2.82. The standard InChI is InChI=1S/C10H16O/c1-2-3-8-11-9-10-6-4-5-7-10/h4,6-7H,2-3,5,8-9H2,1H3. The van der Waals surface area contributed by atoms with Crippen LogP contribution >= 0.6 is 0 Å². The van der Waals surface area contributed by atoms with Crippen molar-refractivity contribution in [3.8, 4) is 0 Å². The van der Waals surface area contributed by atoms with Gasteiger partial charge in [0, 0.05) is 6.61 Å². The van der Waals surface area contributed by atoms with E-state index in [4.69, 9.17) is 4.74 Å². The Labute approximate surface area is 68.8 Å². The zero-order valence-electron chi connectivity index (χ0n) is 7.18. The van der Waals surface area contributed by atoms with Crippen molar-refractivity contribution in [1.82, 2.24) is 0 Å². The molecule has 0 amide bonds. The number of hydrogen-bond acceptors (Lipinski definition) is 1. The van der Waals surface area contributed by atoms with Gasteiger partial charge in [-0.3, -0.25) is 0 Å². The second-order valence-electron chi connectivity index (χ2n) is 2.82. The van der Waals surface area contributed by atoms with Crippen molar-refractivity contribution in [2.75, 3.05) is 13.2 Å². The largest absolute Gasteiger partial charge is 0.377 e. The minimum absolute atomic E-state index is 0.802. The van der Waals surface area contributed by atoms with Crippen LogP contribution in [0.2, 0.25) is 0 Å². The lowest BCUT2D eigenvalue weighted by Gasteiger charge is -2.01. The summed E-state index contributed by atoms with van der Waals surface area (Å²) in [6.45, 7) is 3.89. The first-order valence-corrected chi connectivity index (χ1v) is 4.37. The quantitative estimate of drug-likeness (QED) is 0.550. The van der Waals surface area contributed by atoms with E-state index in [9.17, 15) is 0 Å². The Morgan fingerprint density at radius 3 is 3.09 bits per heavy atom. The van der Waals surface area contributed by atoms with Gasteiger partial charge >= 0.3 is 0 Å². The Morgan fingerprint density at radius 2 is 2.45 bits per heavy atom. The maximum atomic E-state index is 5.44. The summed E-state index contributed by atoms with van der Waals surface area (Å²) in [5.41, 5.74) is 1.33. The number of hydrogen-bond donors (Lipinski definition) is 0. The van der Waals surface area contributed by atoms with Crippen LogP contribution < -0.4 is 0 Å². The molecule has 0 aromatic rings. The molecule has 1 aliphatic rings. The van der Waals surface area contributed by atoms with Crippen molar-refractivity contribution in [3.63, 3.8) is 0 Å². The molecule has 1 aliphatic carbocycles. The van der Waals surface area contributed by atoms with Crippen molar-refractivity contribution in [2.45, 2.75) is 26.2 Å². The highest BCUT2D eigenvalue weighted by atomic mass is 16.5. The van der Waals surface area contributed by atoms with Crippen LogP contribution in [0.25, 0.3) is 0 Å². The molecule has 0 radical (unpaired) electrons. The highest BCUT2D eigenvalue weighted by Gasteiger charge is 1.96. The highest BCUT2D eigenvalue weighted by molar-refractivity contribution is 5.26. The first kappa shape index (κ1) is 8.54. The highest BCUT2D eigenvalue weighted by Crippen LogP contribution is 2.08. The van der Waals surface area contributed by atoms with Gasteiger partial charge in [0.05, 0.1) is 6.61 Å². The molecular weight excluding hydrogens is 136 g/mol. The van der Waals surface area contributed by atoms with Gasteiger partial charge in [-0.1, -0.05) is 31.6 Å². The van der Waals surface area contributed by atoms with Crippen molar-refractivity contribution in [3.05, 3.63) is 23.8 Å². The van der Waals surface area contributed by atoms with Gasteiger partial charge in [-0.05, 0) is 18.4 Å². The molecule has 1 rings (SSSR count). The Kier molecular flexibility index (Phi) is 3.99. The summed E-state index contributed by atoms with van der Waals surface area (Å²) < 4.78 is 5.44. The van der Waals surface area contributed by atoms with Crippen molar-refractivity contribution >= 4 is 0 Å². The zero-order valence-corrected chi connectivity index (χ0v) is 7.18. The van der Waals surface area contributed by atoms with E-state index in [0.717, 1.165) is 19.6 Å². The molecule has 1 heteroatoms. The van der Waals surface area contributed by atoms with Gasteiger partial charge < -0.3 is 4.74 Å². The fourth-order valence-electron chi connectivity index (χ4n) is 1.05. The molecule has 62 valence electrons. The Balaban J connectivity index is 1.99. The van der Waals surface area contributed by atoms with E-state index in [1.165, 1.54) is 18.4 Å². The normalized spacial score (nSPS) is 15.5. The molecule has 0 saturated heterocycles. The molecule has 0 N–H and O–H groups in total. The molecule has 0 atom stereocenters. The maximum Gasteiger partial charge on any atom is 0.0713 e. The van der Waals surface area contributed by atoms with E-state index in [-0.39, 0.29) is 0 Å². The van der Waals surface area contributed by atoms with Crippen LogP contribution in [0, 0.1) is 0 Å². The molecular formula is C10H16O. The van der Waals surface area contributed by atoms with E-state index in [0.29, 0.717) is 0 Å². The molecule has 0 bridgehead atoms. The third-order valence-electron chi connectivity index (χ3n) is 1.76. The first-order valence-electron chi connectivity index (χ1n) is 4.37. The number of allylic oxidation sites excluding steroid dienone is 2. The van der Waals surface area contributed by atoms with Crippen molar-refractivity contribution < 1.29 is 4.74 Å². The third-order valence-corrected chi connectivity index (χ3v) is 1.76. The van der Waals surface area contributed by atoms with Crippen LogP contribution in [-0.4, -0.2) is 13.2 Å². The Bertz CT molecular complexity index is 156. The molecule has 1 nitrogen and oxygen atoms in total. The van der Waals surface area contributed by atoms with E-state index < -0.39 is 0 Å². The number of unbranched alkanes of at least 4 members (excludes halogenated alkanes) is 1. The van der Waals surface area contributed by atoms with E-state index in [2.05, 4.69) is 25.2 Å². The topological polar surface area (TPSA) is 9.23 Å². The lowest BCUT2D eigenvalue weighted by molar-refractivity contribution is 0.154. The van der Waals surface area contributed by atoms with Crippen LogP contribution in [0.15, 0.2) is 23.8 Å². The minimum Gasteiger partial charge on any atom is -0.377 e. The zero-order chi connectivity index (χ0) is 7.94. The van der Waals surface area contributed by atoms with E-state index in [1.54, 1.807) is 0 Å². The predicted octanol–water partition coefficient (Wildman–Crippen LogP) is 2.69. The van der Waals surface area contributed by atoms with Crippen LogP contribution in [0.5, 0.6) is 0 Å². The van der Waals surface area contributed by atoms with Gasteiger partial charge in [0.2, 0.25) is 0 Å². The monoisotopic (exact) mass is 152 g/mol. The lowest BCUT2D eigenvalue weighted by Crippen LogP contribution is -1.97. The molecule has 0 aromatic carbocycles. The van der Waals surface area contributed by atoms with Crippen molar-refractivity contribution in [1.29, 1.82) is 0 Å². The lowest BCUT2D eigenvalue weighted by atomic mass is 10.3. The van der Waals surface area contributed by atoms with Crippen LogP contribution in [0.4, 0.5) is 0 Å². The molecule has 0 aromatic heterocycles. The molecule has 0 saturated carbocycles. The molecule has 0 unspecified atom stereocenters. The fraction of sp³-hybridized carbons (Fsp3) is 0.600. The molecule has 0 spiro atoms. The smallest absolute Gasteiger partial charge is 0.0713 e. The molecule has 0 heterocycles. The van der Waals surface area contributed by atoms with Gasteiger partial charge in [-0.25, -0.2) is 0 Å². The maximum absolute atomic E-state index is 5.44. The third kappa shape index (κ3) is 3.38. The molecule has 11 heavy (non-hydrogen) atoms.